The summed E-state index contributed by atoms with van der Waals surface area (Å²) in [6.45, 7) is 0. The van der Waals surface area contributed by atoms with Crippen LogP contribution in [0.15, 0.2) is 41.0 Å². The van der Waals surface area contributed by atoms with E-state index >= 15 is 0 Å². The minimum atomic E-state index is 0.391. The topological polar surface area (TPSA) is 22.1 Å². The summed E-state index contributed by atoms with van der Waals surface area (Å²) < 4.78 is 6.40. The number of rotatable bonds is 2. The molecule has 1 aromatic heterocycles. The largest absolute Gasteiger partial charge is 0.456 e. The van der Waals surface area contributed by atoms with Crippen LogP contribution in [0.2, 0.25) is 10.2 Å². The molecular formula is C11H6BrCl2NO. The molecule has 0 bridgehead atoms. The fraction of sp³-hybridized carbons (Fsp3) is 0. The lowest BCUT2D eigenvalue weighted by atomic mass is 10.3. The molecule has 0 saturated carbocycles. The van der Waals surface area contributed by atoms with Crippen molar-refractivity contribution < 1.29 is 4.74 Å². The van der Waals surface area contributed by atoms with Gasteiger partial charge in [-0.25, -0.2) is 4.98 Å². The Hall–Kier alpha value is -0.770. The summed E-state index contributed by atoms with van der Waals surface area (Å²) in [6, 6.07) is 8.67. The van der Waals surface area contributed by atoms with Crippen molar-refractivity contribution in [2.75, 3.05) is 0 Å². The number of pyridine rings is 1. The summed E-state index contributed by atoms with van der Waals surface area (Å²) in [5, 5.41) is 1.04. The number of halogens is 3. The lowest BCUT2D eigenvalue weighted by molar-refractivity contribution is 0.479. The molecule has 5 heteroatoms. The molecule has 2 rings (SSSR count). The zero-order valence-electron chi connectivity index (χ0n) is 7.95. The van der Waals surface area contributed by atoms with Gasteiger partial charge in [-0.15, -0.1) is 0 Å². The van der Waals surface area contributed by atoms with E-state index in [0.717, 1.165) is 4.47 Å². The first kappa shape index (κ1) is 11.7. The molecule has 0 saturated heterocycles. The van der Waals surface area contributed by atoms with Crippen molar-refractivity contribution in [3.63, 3.8) is 0 Å². The normalized spacial score (nSPS) is 10.2. The van der Waals surface area contributed by atoms with Gasteiger partial charge in [-0.05, 0) is 40.2 Å². The van der Waals surface area contributed by atoms with E-state index in [4.69, 9.17) is 27.9 Å². The van der Waals surface area contributed by atoms with Gasteiger partial charge in [0, 0.05) is 17.3 Å². The Balaban J connectivity index is 2.27. The lowest BCUT2D eigenvalue weighted by Gasteiger charge is -2.07. The molecule has 0 aliphatic carbocycles. The predicted octanol–water partition coefficient (Wildman–Crippen LogP) is 4.94. The molecule has 0 fully saturated rings. The molecule has 0 radical (unpaired) electrons. The Kier molecular flexibility index (Phi) is 3.69. The van der Waals surface area contributed by atoms with Crippen molar-refractivity contribution in [3.05, 3.63) is 51.2 Å². The van der Waals surface area contributed by atoms with Gasteiger partial charge >= 0.3 is 0 Å². The van der Waals surface area contributed by atoms with Crippen LogP contribution >= 0.6 is 39.1 Å². The first-order valence-electron chi connectivity index (χ1n) is 4.39. The van der Waals surface area contributed by atoms with E-state index in [1.165, 1.54) is 0 Å². The number of nitrogens with zero attached hydrogens (tertiary/aromatic N) is 1. The fourth-order valence-electron chi connectivity index (χ4n) is 1.13. The van der Waals surface area contributed by atoms with Gasteiger partial charge < -0.3 is 4.74 Å². The van der Waals surface area contributed by atoms with Crippen molar-refractivity contribution in [1.82, 2.24) is 4.98 Å². The number of hydrogen-bond acceptors (Lipinski definition) is 2. The highest BCUT2D eigenvalue weighted by molar-refractivity contribution is 9.10. The molecule has 1 aromatic carbocycles. The molecule has 0 amide bonds. The van der Waals surface area contributed by atoms with Crippen molar-refractivity contribution in [1.29, 1.82) is 0 Å². The van der Waals surface area contributed by atoms with E-state index in [1.807, 2.05) is 0 Å². The molecule has 0 N–H and O–H groups in total. The molecule has 0 unspecified atom stereocenters. The Labute approximate surface area is 111 Å². The average Bonchev–Trinajstić information content (AvgIpc) is 2.22. The van der Waals surface area contributed by atoms with Crippen LogP contribution in [0.1, 0.15) is 0 Å². The highest BCUT2D eigenvalue weighted by Crippen LogP contribution is 2.32. The van der Waals surface area contributed by atoms with Crippen molar-refractivity contribution in [2.45, 2.75) is 0 Å². The minimum Gasteiger partial charge on any atom is -0.456 e. The summed E-state index contributed by atoms with van der Waals surface area (Å²) in [5.41, 5.74) is 0. The number of aromatic nitrogens is 1. The van der Waals surface area contributed by atoms with Gasteiger partial charge in [0.1, 0.15) is 16.7 Å². The summed E-state index contributed by atoms with van der Waals surface area (Å²) >= 11 is 14.9. The first-order chi connectivity index (χ1) is 7.65. The third-order valence-electron chi connectivity index (χ3n) is 1.82. The highest BCUT2D eigenvalue weighted by atomic mass is 79.9. The van der Waals surface area contributed by atoms with Crippen LogP contribution in [0.25, 0.3) is 0 Å². The molecule has 82 valence electrons. The minimum absolute atomic E-state index is 0.391. The van der Waals surface area contributed by atoms with Gasteiger partial charge in [-0.2, -0.15) is 0 Å². The van der Waals surface area contributed by atoms with E-state index in [0.29, 0.717) is 21.7 Å². The second kappa shape index (κ2) is 5.04. The second-order valence-corrected chi connectivity index (χ2v) is 4.67. The van der Waals surface area contributed by atoms with Gasteiger partial charge in [-0.3, -0.25) is 0 Å². The van der Waals surface area contributed by atoms with Gasteiger partial charge in [0.25, 0.3) is 0 Å². The van der Waals surface area contributed by atoms with E-state index in [-0.39, 0.29) is 0 Å². The molecule has 0 aliphatic rings. The quantitative estimate of drug-likeness (QED) is 0.731. The van der Waals surface area contributed by atoms with Crippen LogP contribution in [0.3, 0.4) is 0 Å². The number of ether oxygens (including phenoxy) is 1. The standard InChI is InChI=1S/C11H6BrCl2NO/c12-9-5-7(13)1-2-10(9)16-8-3-4-15-11(14)6-8/h1-6H. The van der Waals surface area contributed by atoms with Crippen LogP contribution in [-0.2, 0) is 0 Å². The third-order valence-corrected chi connectivity index (χ3v) is 2.88. The molecule has 2 aromatic rings. The van der Waals surface area contributed by atoms with E-state index in [1.54, 1.807) is 36.5 Å². The summed E-state index contributed by atoms with van der Waals surface area (Å²) in [6.07, 6.45) is 1.58. The number of benzene rings is 1. The third kappa shape index (κ3) is 2.88. The molecule has 2 nitrogen and oxygen atoms in total. The van der Waals surface area contributed by atoms with Crippen LogP contribution in [0, 0.1) is 0 Å². The van der Waals surface area contributed by atoms with Crippen LogP contribution in [-0.4, -0.2) is 4.98 Å². The Morgan fingerprint density at radius 3 is 2.62 bits per heavy atom. The van der Waals surface area contributed by atoms with Crippen molar-refractivity contribution in [3.8, 4) is 11.5 Å². The first-order valence-corrected chi connectivity index (χ1v) is 5.94. The van der Waals surface area contributed by atoms with Gasteiger partial charge in [0.05, 0.1) is 4.47 Å². The van der Waals surface area contributed by atoms with E-state index < -0.39 is 0 Å². The van der Waals surface area contributed by atoms with Crippen LogP contribution in [0.4, 0.5) is 0 Å². The Morgan fingerprint density at radius 2 is 1.94 bits per heavy atom. The molecule has 0 aliphatic heterocycles. The van der Waals surface area contributed by atoms with Gasteiger partial charge in [-0.1, -0.05) is 23.2 Å². The molecule has 16 heavy (non-hydrogen) atoms. The maximum absolute atomic E-state index is 5.83. The van der Waals surface area contributed by atoms with E-state index in [9.17, 15) is 0 Å². The van der Waals surface area contributed by atoms with Crippen molar-refractivity contribution in [2.24, 2.45) is 0 Å². The Bertz CT molecular complexity index is 519. The fourth-order valence-corrected chi connectivity index (χ4v) is 2.06. The highest BCUT2D eigenvalue weighted by Gasteiger charge is 2.04. The maximum Gasteiger partial charge on any atom is 0.141 e. The predicted molar refractivity (Wildman–Crippen MR) is 68.5 cm³/mol. The average molecular weight is 319 g/mol. The van der Waals surface area contributed by atoms with Crippen molar-refractivity contribution >= 4 is 39.1 Å². The van der Waals surface area contributed by atoms with Gasteiger partial charge in [0.2, 0.25) is 0 Å². The zero-order valence-corrected chi connectivity index (χ0v) is 11.1. The molecule has 0 spiro atoms. The summed E-state index contributed by atoms with van der Waals surface area (Å²) in [7, 11) is 0. The lowest BCUT2D eigenvalue weighted by Crippen LogP contribution is -1.86. The molecule has 0 atom stereocenters. The summed E-state index contributed by atoms with van der Waals surface area (Å²) in [5.74, 6) is 1.30. The maximum atomic E-state index is 5.83. The monoisotopic (exact) mass is 317 g/mol. The van der Waals surface area contributed by atoms with Gasteiger partial charge in [0.15, 0.2) is 0 Å². The van der Waals surface area contributed by atoms with Crippen LogP contribution < -0.4 is 4.74 Å². The smallest absolute Gasteiger partial charge is 0.141 e. The van der Waals surface area contributed by atoms with E-state index in [2.05, 4.69) is 20.9 Å². The number of hydrogen-bond donors (Lipinski definition) is 0. The summed E-state index contributed by atoms with van der Waals surface area (Å²) in [4.78, 5) is 3.87. The SMILES string of the molecule is Clc1ccc(Oc2ccnc(Cl)c2)c(Br)c1. The van der Waals surface area contributed by atoms with Crippen LogP contribution in [0.5, 0.6) is 11.5 Å². The molecule has 1 heterocycles. The zero-order chi connectivity index (χ0) is 11.5. The molecular weight excluding hydrogens is 313 g/mol. The Morgan fingerprint density at radius 1 is 1.12 bits per heavy atom. The second-order valence-electron chi connectivity index (χ2n) is 2.99.